The first-order valence-electron chi connectivity index (χ1n) is 11.3. The molecule has 5 atom stereocenters. The molecule has 34 heavy (non-hydrogen) atoms. The number of thiazole rings is 1. The van der Waals surface area contributed by atoms with Gasteiger partial charge in [-0.3, -0.25) is 14.2 Å². The lowest BCUT2D eigenvalue weighted by Gasteiger charge is -2.40. The summed E-state index contributed by atoms with van der Waals surface area (Å²) in [6.07, 6.45) is 3.66. The zero-order valence-electron chi connectivity index (χ0n) is 18.0. The highest BCUT2D eigenvalue weighted by Gasteiger charge is 2.55. The van der Waals surface area contributed by atoms with E-state index in [2.05, 4.69) is 5.32 Å². The van der Waals surface area contributed by atoms with Crippen LogP contribution in [0.4, 0.5) is 10.1 Å². The minimum atomic E-state index is -0.296. The lowest BCUT2D eigenvalue weighted by atomic mass is 9.75. The third-order valence-corrected chi connectivity index (χ3v) is 11.0. The molecule has 2 saturated carbocycles. The first kappa shape index (κ1) is 22.7. The standard InChI is InChI=1S/C25H21Cl2FN2O2S2/c26-17-8-7-16(10-18(17)27)29-19(31)11-30-24-23(34-25(30)32)20(12-3-5-15(28)6-4-12)21-13-1-2-14(9-13)22(21)33-24/h3-8,10,13-14,20-22H,1-2,9,11H2,(H,29,31). The number of thioether (sulfide) groups is 1. The summed E-state index contributed by atoms with van der Waals surface area (Å²) in [5, 5.41) is 4.88. The molecule has 0 spiro atoms. The van der Waals surface area contributed by atoms with Gasteiger partial charge in [0.25, 0.3) is 0 Å². The Bertz CT molecular complexity index is 1340. The van der Waals surface area contributed by atoms with Gasteiger partial charge in [0.15, 0.2) is 0 Å². The second kappa shape index (κ2) is 8.70. The molecule has 1 N–H and O–H groups in total. The average molecular weight is 535 g/mol. The molecule has 1 aliphatic heterocycles. The quantitative estimate of drug-likeness (QED) is 0.407. The molecule has 2 bridgehead atoms. The maximum atomic E-state index is 13.7. The van der Waals surface area contributed by atoms with E-state index in [1.54, 1.807) is 34.5 Å². The average Bonchev–Trinajstić information content (AvgIpc) is 3.50. The number of carbonyl (C=O) groups is 1. The van der Waals surface area contributed by atoms with Crippen molar-refractivity contribution in [2.75, 3.05) is 5.32 Å². The molecule has 2 fully saturated rings. The van der Waals surface area contributed by atoms with Gasteiger partial charge in [-0.25, -0.2) is 4.39 Å². The van der Waals surface area contributed by atoms with Crippen LogP contribution in [0.5, 0.6) is 0 Å². The Morgan fingerprint density at radius 3 is 2.62 bits per heavy atom. The normalized spacial score (nSPS) is 26.9. The zero-order chi connectivity index (χ0) is 23.6. The van der Waals surface area contributed by atoms with E-state index in [0.29, 0.717) is 38.7 Å². The van der Waals surface area contributed by atoms with Crippen molar-refractivity contribution in [1.82, 2.24) is 4.57 Å². The number of hydrogen-bond acceptors (Lipinski definition) is 4. The number of rotatable bonds is 4. The summed E-state index contributed by atoms with van der Waals surface area (Å²) < 4.78 is 15.3. The lowest BCUT2D eigenvalue weighted by molar-refractivity contribution is -0.116. The maximum Gasteiger partial charge on any atom is 0.308 e. The highest BCUT2D eigenvalue weighted by Crippen LogP contribution is 2.64. The van der Waals surface area contributed by atoms with Crippen LogP contribution < -0.4 is 10.2 Å². The van der Waals surface area contributed by atoms with E-state index in [-0.39, 0.29) is 29.1 Å². The largest absolute Gasteiger partial charge is 0.324 e. The number of hydrogen-bond donors (Lipinski definition) is 1. The minimum absolute atomic E-state index is 0.0641. The summed E-state index contributed by atoms with van der Waals surface area (Å²) in [6, 6.07) is 11.6. The monoisotopic (exact) mass is 534 g/mol. The van der Waals surface area contributed by atoms with Crippen molar-refractivity contribution in [2.24, 2.45) is 17.8 Å². The van der Waals surface area contributed by atoms with E-state index in [9.17, 15) is 14.0 Å². The molecule has 3 aliphatic rings. The summed E-state index contributed by atoms with van der Waals surface area (Å²) >= 11 is 15.0. The Kier molecular flexibility index (Phi) is 5.79. The number of carbonyl (C=O) groups excluding carboxylic acids is 1. The molecule has 4 nitrogen and oxygen atoms in total. The van der Waals surface area contributed by atoms with E-state index in [1.807, 2.05) is 12.1 Å². The Morgan fingerprint density at radius 2 is 1.85 bits per heavy atom. The van der Waals surface area contributed by atoms with Crippen molar-refractivity contribution in [1.29, 1.82) is 0 Å². The third-order valence-electron chi connectivity index (χ3n) is 7.42. The molecule has 0 saturated heterocycles. The fourth-order valence-corrected chi connectivity index (χ4v) is 9.50. The Labute approximate surface area is 214 Å². The molecule has 0 radical (unpaired) electrons. The van der Waals surface area contributed by atoms with Crippen molar-refractivity contribution >= 4 is 57.9 Å². The van der Waals surface area contributed by atoms with Crippen molar-refractivity contribution < 1.29 is 9.18 Å². The van der Waals surface area contributed by atoms with Gasteiger partial charge in [0.2, 0.25) is 5.91 Å². The van der Waals surface area contributed by atoms with E-state index < -0.39 is 0 Å². The fraction of sp³-hybridized carbons (Fsp3) is 0.360. The minimum Gasteiger partial charge on any atom is -0.324 e. The van der Waals surface area contributed by atoms with Gasteiger partial charge in [-0.1, -0.05) is 46.7 Å². The molecule has 1 aromatic heterocycles. The predicted octanol–water partition coefficient (Wildman–Crippen LogP) is 6.65. The first-order valence-corrected chi connectivity index (χ1v) is 13.7. The van der Waals surface area contributed by atoms with E-state index in [1.165, 1.54) is 42.7 Å². The van der Waals surface area contributed by atoms with Crippen LogP contribution in [0.1, 0.15) is 35.6 Å². The summed E-state index contributed by atoms with van der Waals surface area (Å²) in [6.45, 7) is -0.0699. The van der Waals surface area contributed by atoms with Gasteiger partial charge in [0.1, 0.15) is 12.4 Å². The molecule has 5 unspecified atom stereocenters. The van der Waals surface area contributed by atoms with Gasteiger partial charge in [-0.05, 0) is 72.9 Å². The predicted molar refractivity (Wildman–Crippen MR) is 136 cm³/mol. The molecule has 2 heterocycles. The van der Waals surface area contributed by atoms with E-state index in [4.69, 9.17) is 23.2 Å². The van der Waals surface area contributed by atoms with Crippen LogP contribution in [-0.4, -0.2) is 15.7 Å². The molecule has 2 aromatic carbocycles. The van der Waals surface area contributed by atoms with Crippen molar-refractivity contribution in [2.45, 2.75) is 42.0 Å². The van der Waals surface area contributed by atoms with Gasteiger partial charge in [0, 0.05) is 21.7 Å². The lowest BCUT2D eigenvalue weighted by Crippen LogP contribution is -2.34. The molecule has 3 aromatic rings. The summed E-state index contributed by atoms with van der Waals surface area (Å²) in [5.41, 5.74) is 1.58. The number of nitrogens with zero attached hydrogens (tertiary/aromatic N) is 1. The number of anilines is 1. The Morgan fingerprint density at radius 1 is 1.09 bits per heavy atom. The number of nitrogens with one attached hydrogen (secondary N) is 1. The smallest absolute Gasteiger partial charge is 0.308 e. The molecule has 6 rings (SSSR count). The van der Waals surface area contributed by atoms with Crippen LogP contribution in [0.3, 0.4) is 0 Å². The molecular formula is C25H21Cl2FN2O2S2. The zero-order valence-corrected chi connectivity index (χ0v) is 21.1. The second-order valence-electron chi connectivity index (χ2n) is 9.32. The first-order chi connectivity index (χ1) is 16.4. The van der Waals surface area contributed by atoms with Crippen LogP contribution in [0.15, 0.2) is 52.3 Å². The van der Waals surface area contributed by atoms with Crippen LogP contribution in [0.25, 0.3) is 0 Å². The molecular weight excluding hydrogens is 514 g/mol. The van der Waals surface area contributed by atoms with E-state index in [0.717, 1.165) is 15.5 Å². The molecule has 2 aliphatic carbocycles. The van der Waals surface area contributed by atoms with Crippen LogP contribution in [0, 0.1) is 23.6 Å². The number of amides is 1. The number of fused-ring (bicyclic) bond motifs is 6. The summed E-state index contributed by atoms with van der Waals surface area (Å²) in [5.74, 6) is 1.21. The van der Waals surface area contributed by atoms with Gasteiger partial charge in [-0.15, -0.1) is 11.8 Å². The Hall–Kier alpha value is -1.80. The molecule has 1 amide bonds. The molecule has 9 heteroatoms. The van der Waals surface area contributed by atoms with Gasteiger partial charge >= 0.3 is 4.87 Å². The number of aromatic nitrogens is 1. The molecule has 176 valence electrons. The number of halogens is 3. The van der Waals surface area contributed by atoms with Gasteiger partial charge in [-0.2, -0.15) is 0 Å². The van der Waals surface area contributed by atoms with Gasteiger partial charge < -0.3 is 5.32 Å². The highest BCUT2D eigenvalue weighted by molar-refractivity contribution is 8.00. The maximum absolute atomic E-state index is 13.7. The Balaban J connectivity index is 1.35. The fourth-order valence-electron chi connectivity index (χ4n) is 6.05. The van der Waals surface area contributed by atoms with Crippen LogP contribution in [-0.2, 0) is 11.3 Å². The third kappa shape index (κ3) is 3.81. The highest BCUT2D eigenvalue weighted by atomic mass is 35.5. The topological polar surface area (TPSA) is 51.1 Å². The summed E-state index contributed by atoms with van der Waals surface area (Å²) in [7, 11) is 0. The summed E-state index contributed by atoms with van der Waals surface area (Å²) in [4.78, 5) is 26.9. The second-order valence-corrected chi connectivity index (χ2v) is 12.3. The van der Waals surface area contributed by atoms with Crippen molar-refractivity contribution in [3.63, 3.8) is 0 Å². The van der Waals surface area contributed by atoms with Crippen LogP contribution in [0.2, 0.25) is 10.0 Å². The van der Waals surface area contributed by atoms with Gasteiger partial charge in [0.05, 0.1) is 15.1 Å². The van der Waals surface area contributed by atoms with E-state index >= 15 is 0 Å². The van der Waals surface area contributed by atoms with Crippen molar-refractivity contribution in [3.8, 4) is 0 Å². The van der Waals surface area contributed by atoms with Crippen molar-refractivity contribution in [3.05, 3.63) is 78.4 Å². The number of benzene rings is 2. The SMILES string of the molecule is O=C(Cn1c2c(sc1=O)C(c1ccc(F)cc1)C1C3CCC(C3)C1S2)Nc1ccc(Cl)c(Cl)c1. The van der Waals surface area contributed by atoms with Crippen LogP contribution >= 0.6 is 46.3 Å².